The Morgan fingerprint density at radius 2 is 2.06 bits per heavy atom. The van der Waals surface area contributed by atoms with E-state index in [1.165, 1.54) is 0 Å². The highest BCUT2D eigenvalue weighted by molar-refractivity contribution is 9.10. The van der Waals surface area contributed by atoms with E-state index in [0.29, 0.717) is 24.5 Å². The summed E-state index contributed by atoms with van der Waals surface area (Å²) in [5.41, 5.74) is 6.08. The van der Waals surface area contributed by atoms with Crippen LogP contribution in [0.15, 0.2) is 28.7 Å². The average molecular weight is 300 g/mol. The van der Waals surface area contributed by atoms with Gasteiger partial charge in [-0.25, -0.2) is 0 Å². The minimum Gasteiger partial charge on any atom is -0.493 e. The summed E-state index contributed by atoms with van der Waals surface area (Å²) in [6, 6.07) is 7.91. The monoisotopic (exact) mass is 299 g/mol. The molecule has 0 spiro atoms. The van der Waals surface area contributed by atoms with Gasteiger partial charge in [0.25, 0.3) is 0 Å². The molecule has 1 rings (SSSR count). The molecule has 0 amide bonds. The first-order valence-electron chi connectivity index (χ1n) is 5.99. The average Bonchev–Trinajstić information content (AvgIpc) is 2.23. The molecule has 0 aromatic heterocycles. The highest BCUT2D eigenvalue weighted by Gasteiger charge is 2.18. The van der Waals surface area contributed by atoms with Crippen molar-refractivity contribution in [2.45, 2.75) is 27.2 Å². The van der Waals surface area contributed by atoms with Crippen LogP contribution in [0, 0.1) is 11.3 Å². The Morgan fingerprint density at radius 1 is 1.35 bits per heavy atom. The molecule has 17 heavy (non-hydrogen) atoms. The molecule has 1 aromatic carbocycles. The molecule has 0 aliphatic carbocycles. The molecule has 2 nitrogen and oxygen atoms in total. The van der Waals surface area contributed by atoms with Crippen LogP contribution in [0.1, 0.15) is 27.2 Å². The van der Waals surface area contributed by atoms with Crippen molar-refractivity contribution in [3.05, 3.63) is 28.7 Å². The van der Waals surface area contributed by atoms with E-state index in [-0.39, 0.29) is 0 Å². The van der Waals surface area contributed by atoms with E-state index < -0.39 is 0 Å². The Balaban J connectivity index is 2.48. The minimum absolute atomic E-state index is 0.296. The maximum atomic E-state index is 5.78. The number of hydrogen-bond acceptors (Lipinski definition) is 2. The SMILES string of the molecule is CC(C)(C)CC(CN)COc1cccc(Br)c1. The number of benzene rings is 1. The highest BCUT2D eigenvalue weighted by Crippen LogP contribution is 2.25. The minimum atomic E-state index is 0.296. The van der Waals surface area contributed by atoms with Gasteiger partial charge in [-0.05, 0) is 36.6 Å². The van der Waals surface area contributed by atoms with E-state index in [9.17, 15) is 0 Å². The molecule has 0 fully saturated rings. The summed E-state index contributed by atoms with van der Waals surface area (Å²) in [5.74, 6) is 1.31. The first-order valence-corrected chi connectivity index (χ1v) is 6.78. The lowest BCUT2D eigenvalue weighted by atomic mass is 9.85. The molecule has 0 aliphatic heterocycles. The number of ether oxygens (including phenoxy) is 1. The molecular formula is C14H22BrNO. The summed E-state index contributed by atoms with van der Waals surface area (Å²) in [6.07, 6.45) is 1.08. The van der Waals surface area contributed by atoms with Gasteiger partial charge in [-0.2, -0.15) is 0 Å². The molecule has 0 aliphatic rings. The molecule has 0 saturated carbocycles. The van der Waals surface area contributed by atoms with Gasteiger partial charge in [-0.15, -0.1) is 0 Å². The third kappa shape index (κ3) is 6.08. The van der Waals surface area contributed by atoms with Crippen LogP contribution in [0.3, 0.4) is 0 Å². The van der Waals surface area contributed by atoms with E-state index >= 15 is 0 Å². The second-order valence-electron chi connectivity index (χ2n) is 5.63. The van der Waals surface area contributed by atoms with Gasteiger partial charge >= 0.3 is 0 Å². The van der Waals surface area contributed by atoms with Crippen LogP contribution < -0.4 is 10.5 Å². The third-order valence-electron chi connectivity index (χ3n) is 2.52. The Labute approximate surface area is 113 Å². The predicted molar refractivity (Wildman–Crippen MR) is 76.3 cm³/mol. The molecule has 0 bridgehead atoms. The van der Waals surface area contributed by atoms with Crippen molar-refractivity contribution in [3.63, 3.8) is 0 Å². The van der Waals surface area contributed by atoms with Gasteiger partial charge in [0.2, 0.25) is 0 Å². The maximum absolute atomic E-state index is 5.78. The zero-order chi connectivity index (χ0) is 12.9. The van der Waals surface area contributed by atoms with Crippen LogP contribution in [-0.2, 0) is 0 Å². The van der Waals surface area contributed by atoms with Crippen LogP contribution in [0.2, 0.25) is 0 Å². The van der Waals surface area contributed by atoms with Crippen molar-refractivity contribution in [1.29, 1.82) is 0 Å². The lowest BCUT2D eigenvalue weighted by Crippen LogP contribution is -2.26. The Kier molecular flexibility index (Phi) is 5.47. The normalized spacial score (nSPS) is 13.5. The molecule has 3 heteroatoms. The van der Waals surface area contributed by atoms with Crippen LogP contribution in [0.4, 0.5) is 0 Å². The lowest BCUT2D eigenvalue weighted by molar-refractivity contribution is 0.199. The van der Waals surface area contributed by atoms with Gasteiger partial charge in [0.15, 0.2) is 0 Å². The Bertz CT molecular complexity index is 346. The fourth-order valence-corrected chi connectivity index (χ4v) is 2.23. The van der Waals surface area contributed by atoms with Gasteiger partial charge in [-0.3, -0.25) is 0 Å². The molecular weight excluding hydrogens is 278 g/mol. The molecule has 0 saturated heterocycles. The first kappa shape index (κ1) is 14.5. The molecule has 1 aromatic rings. The van der Waals surface area contributed by atoms with Gasteiger partial charge in [0.05, 0.1) is 6.61 Å². The number of rotatable bonds is 5. The fourth-order valence-electron chi connectivity index (χ4n) is 1.85. The summed E-state index contributed by atoms with van der Waals surface area (Å²) in [4.78, 5) is 0. The van der Waals surface area contributed by atoms with Gasteiger partial charge < -0.3 is 10.5 Å². The molecule has 2 N–H and O–H groups in total. The third-order valence-corrected chi connectivity index (χ3v) is 3.01. The molecule has 1 atom stereocenters. The van der Waals surface area contributed by atoms with E-state index in [2.05, 4.69) is 36.7 Å². The topological polar surface area (TPSA) is 35.2 Å². The largest absolute Gasteiger partial charge is 0.493 e. The van der Waals surface area contributed by atoms with E-state index in [1.807, 2.05) is 24.3 Å². The first-order chi connectivity index (χ1) is 7.90. The standard InChI is InChI=1S/C14H22BrNO/c1-14(2,3)8-11(9-16)10-17-13-6-4-5-12(15)7-13/h4-7,11H,8-10,16H2,1-3H3. The van der Waals surface area contributed by atoms with Crippen LogP contribution >= 0.6 is 15.9 Å². The fraction of sp³-hybridized carbons (Fsp3) is 0.571. The maximum Gasteiger partial charge on any atom is 0.120 e. The summed E-state index contributed by atoms with van der Waals surface area (Å²) >= 11 is 3.43. The molecule has 0 heterocycles. The van der Waals surface area contributed by atoms with Crippen molar-refractivity contribution < 1.29 is 4.74 Å². The lowest BCUT2D eigenvalue weighted by Gasteiger charge is -2.25. The molecule has 96 valence electrons. The zero-order valence-electron chi connectivity index (χ0n) is 10.9. The summed E-state index contributed by atoms with van der Waals surface area (Å²) in [5, 5.41) is 0. The van der Waals surface area contributed by atoms with Crippen molar-refractivity contribution in [3.8, 4) is 5.75 Å². The van der Waals surface area contributed by atoms with E-state index in [1.54, 1.807) is 0 Å². The molecule has 1 unspecified atom stereocenters. The number of halogens is 1. The number of nitrogens with two attached hydrogens (primary N) is 1. The van der Waals surface area contributed by atoms with E-state index in [4.69, 9.17) is 10.5 Å². The zero-order valence-corrected chi connectivity index (χ0v) is 12.5. The predicted octanol–water partition coefficient (Wildman–Crippen LogP) is 3.84. The second-order valence-corrected chi connectivity index (χ2v) is 6.55. The molecule has 0 radical (unpaired) electrons. The smallest absolute Gasteiger partial charge is 0.120 e. The van der Waals surface area contributed by atoms with Crippen LogP contribution in [-0.4, -0.2) is 13.2 Å². The second kappa shape index (κ2) is 6.41. The summed E-state index contributed by atoms with van der Waals surface area (Å²) in [6.45, 7) is 8.05. The van der Waals surface area contributed by atoms with Gasteiger partial charge in [0, 0.05) is 10.4 Å². The van der Waals surface area contributed by atoms with Crippen molar-refractivity contribution in [1.82, 2.24) is 0 Å². The Morgan fingerprint density at radius 3 is 2.59 bits per heavy atom. The van der Waals surface area contributed by atoms with Crippen molar-refractivity contribution >= 4 is 15.9 Å². The van der Waals surface area contributed by atoms with Crippen LogP contribution in [0.25, 0.3) is 0 Å². The van der Waals surface area contributed by atoms with Crippen molar-refractivity contribution in [2.75, 3.05) is 13.2 Å². The van der Waals surface area contributed by atoms with Gasteiger partial charge in [-0.1, -0.05) is 42.8 Å². The summed E-state index contributed by atoms with van der Waals surface area (Å²) in [7, 11) is 0. The van der Waals surface area contributed by atoms with E-state index in [0.717, 1.165) is 16.6 Å². The highest BCUT2D eigenvalue weighted by atomic mass is 79.9. The quantitative estimate of drug-likeness (QED) is 0.896. The van der Waals surface area contributed by atoms with Gasteiger partial charge in [0.1, 0.15) is 5.75 Å². The Hall–Kier alpha value is -0.540. The number of hydrogen-bond donors (Lipinski definition) is 1. The van der Waals surface area contributed by atoms with Crippen molar-refractivity contribution in [2.24, 2.45) is 17.1 Å². The van der Waals surface area contributed by atoms with Crippen LogP contribution in [0.5, 0.6) is 5.75 Å². The summed E-state index contributed by atoms with van der Waals surface area (Å²) < 4.78 is 6.81.